The minimum atomic E-state index is 0. The molecule has 1 aromatic heterocycles. The fourth-order valence-electron chi connectivity index (χ4n) is 0.338. The Bertz CT molecular complexity index is 158. The van der Waals surface area contributed by atoms with Crippen molar-refractivity contribution >= 4 is 0 Å². The van der Waals surface area contributed by atoms with E-state index in [0.29, 0.717) is 0 Å². The Balaban J connectivity index is 0. The molecule has 0 aromatic carbocycles. The third-order valence-corrected chi connectivity index (χ3v) is 0.650. The van der Waals surface area contributed by atoms with Gasteiger partial charge in [-0.15, -0.1) is 5.75 Å². The molecule has 56 valence electrons. The van der Waals surface area contributed by atoms with Crippen molar-refractivity contribution in [3.63, 3.8) is 0 Å². The van der Waals surface area contributed by atoms with E-state index in [0.717, 1.165) is 0 Å². The molecule has 0 atom stereocenters. The quantitative estimate of drug-likeness (QED) is 0.436. The first-order valence-electron chi connectivity index (χ1n) is 2.99. The van der Waals surface area contributed by atoms with Crippen molar-refractivity contribution in [3.05, 3.63) is 24.5 Å². The summed E-state index contributed by atoms with van der Waals surface area (Å²) in [6, 6.07) is 2.83. The summed E-state index contributed by atoms with van der Waals surface area (Å²) in [5.41, 5.74) is 0. The summed E-state index contributed by atoms with van der Waals surface area (Å²) in [7, 11) is 0. The molecule has 1 heterocycles. The second-order valence-corrected chi connectivity index (χ2v) is 1.50. The second kappa shape index (κ2) is 10.5. The standard InChI is InChI=1S/C5H5NO.C2H6O.K/c7-5-1-3-6-4-2-5;1-2-3;/h1-4H,(H,6,7);3H,2H2,1H3;/q;;+1/p-1. The van der Waals surface area contributed by atoms with E-state index in [9.17, 15) is 5.11 Å². The molecule has 11 heavy (non-hydrogen) atoms. The Morgan fingerprint density at radius 2 is 1.82 bits per heavy atom. The molecule has 0 aliphatic rings. The van der Waals surface area contributed by atoms with E-state index in [1.54, 1.807) is 6.92 Å². The molecule has 0 saturated carbocycles. The molecule has 0 unspecified atom stereocenters. The third-order valence-electron chi connectivity index (χ3n) is 0.650. The van der Waals surface area contributed by atoms with Gasteiger partial charge in [0.1, 0.15) is 0 Å². The average Bonchev–Trinajstić information content (AvgIpc) is 1.91. The first-order chi connectivity index (χ1) is 4.81. The van der Waals surface area contributed by atoms with Gasteiger partial charge in [0.15, 0.2) is 0 Å². The second-order valence-electron chi connectivity index (χ2n) is 1.50. The van der Waals surface area contributed by atoms with Crippen molar-refractivity contribution in [2.45, 2.75) is 6.92 Å². The molecule has 0 spiro atoms. The van der Waals surface area contributed by atoms with Gasteiger partial charge in [-0.1, -0.05) is 12.1 Å². The van der Waals surface area contributed by atoms with Crippen LogP contribution in [-0.4, -0.2) is 16.7 Å². The van der Waals surface area contributed by atoms with Gasteiger partial charge in [-0.2, -0.15) is 0 Å². The first-order valence-corrected chi connectivity index (χ1v) is 2.99. The van der Waals surface area contributed by atoms with Crippen molar-refractivity contribution in [1.29, 1.82) is 0 Å². The SMILES string of the molecule is CCO.[K+].[O-]c1ccncc1. The van der Waals surface area contributed by atoms with E-state index in [-0.39, 0.29) is 63.7 Å². The Kier molecular flexibility index (Phi) is 13.5. The maximum absolute atomic E-state index is 10.2. The van der Waals surface area contributed by atoms with Crippen LogP contribution in [-0.2, 0) is 0 Å². The summed E-state index contributed by atoms with van der Waals surface area (Å²) in [5, 5.41) is 17.8. The van der Waals surface area contributed by atoms with E-state index >= 15 is 0 Å². The van der Waals surface area contributed by atoms with E-state index < -0.39 is 0 Å². The number of rotatable bonds is 0. The predicted octanol–water partition coefficient (Wildman–Crippen LogP) is -2.84. The number of hydrogen-bond acceptors (Lipinski definition) is 3. The van der Waals surface area contributed by atoms with Crippen LogP contribution in [0.4, 0.5) is 0 Å². The van der Waals surface area contributed by atoms with E-state index in [1.807, 2.05) is 0 Å². The van der Waals surface area contributed by atoms with Crippen LogP contribution in [0.2, 0.25) is 0 Å². The minimum Gasteiger partial charge on any atom is -0.872 e. The van der Waals surface area contributed by atoms with Gasteiger partial charge in [-0.25, -0.2) is 0 Å². The summed E-state index contributed by atoms with van der Waals surface area (Å²) in [5.74, 6) is 0.00926. The molecule has 1 rings (SSSR count). The summed E-state index contributed by atoms with van der Waals surface area (Å²) in [4.78, 5) is 3.65. The number of aliphatic hydroxyl groups is 1. The molecule has 0 fully saturated rings. The topological polar surface area (TPSA) is 56.2 Å². The summed E-state index contributed by atoms with van der Waals surface area (Å²) in [6.07, 6.45) is 2.95. The van der Waals surface area contributed by atoms with Crippen molar-refractivity contribution < 1.29 is 61.6 Å². The van der Waals surface area contributed by atoms with Crippen LogP contribution >= 0.6 is 0 Å². The summed E-state index contributed by atoms with van der Waals surface area (Å²) >= 11 is 0. The Morgan fingerprint density at radius 3 is 2.00 bits per heavy atom. The maximum Gasteiger partial charge on any atom is 1.00 e. The molecule has 1 N–H and O–H groups in total. The Morgan fingerprint density at radius 1 is 1.45 bits per heavy atom. The fraction of sp³-hybridized carbons (Fsp3) is 0.286. The van der Waals surface area contributed by atoms with Gasteiger partial charge in [-0.05, 0) is 6.92 Å². The molecular weight excluding hydrogens is 169 g/mol. The summed E-state index contributed by atoms with van der Waals surface area (Å²) < 4.78 is 0. The Labute approximate surface area is 109 Å². The van der Waals surface area contributed by atoms with Gasteiger partial charge in [-0.3, -0.25) is 4.98 Å². The maximum atomic E-state index is 10.2. The molecule has 1 aromatic rings. The van der Waals surface area contributed by atoms with Crippen LogP contribution in [0, 0.1) is 0 Å². The number of aromatic nitrogens is 1. The van der Waals surface area contributed by atoms with E-state index in [2.05, 4.69) is 4.98 Å². The van der Waals surface area contributed by atoms with Gasteiger partial charge >= 0.3 is 51.4 Å². The Hall–Kier alpha value is 0.546. The molecular formula is C7H10KNO2. The van der Waals surface area contributed by atoms with Crippen LogP contribution in [0.15, 0.2) is 24.5 Å². The molecule has 0 aliphatic heterocycles. The fourth-order valence-corrected chi connectivity index (χ4v) is 0.338. The summed E-state index contributed by atoms with van der Waals surface area (Å²) in [6.45, 7) is 1.93. The van der Waals surface area contributed by atoms with Crippen LogP contribution in [0.3, 0.4) is 0 Å². The van der Waals surface area contributed by atoms with Gasteiger partial charge in [0.05, 0.1) is 0 Å². The first kappa shape index (κ1) is 14.1. The van der Waals surface area contributed by atoms with Gasteiger partial charge in [0.2, 0.25) is 0 Å². The molecule has 0 saturated heterocycles. The number of pyridine rings is 1. The zero-order chi connectivity index (χ0) is 7.82. The largest absolute Gasteiger partial charge is 1.00 e. The van der Waals surface area contributed by atoms with Crippen LogP contribution in [0.1, 0.15) is 6.92 Å². The zero-order valence-corrected chi connectivity index (χ0v) is 9.94. The predicted molar refractivity (Wildman–Crippen MR) is 36.4 cm³/mol. The van der Waals surface area contributed by atoms with Crippen LogP contribution < -0.4 is 56.5 Å². The van der Waals surface area contributed by atoms with Crippen molar-refractivity contribution in [2.24, 2.45) is 0 Å². The zero-order valence-electron chi connectivity index (χ0n) is 6.82. The van der Waals surface area contributed by atoms with Crippen LogP contribution in [0.25, 0.3) is 0 Å². The van der Waals surface area contributed by atoms with Crippen molar-refractivity contribution in [3.8, 4) is 5.75 Å². The molecule has 3 nitrogen and oxygen atoms in total. The van der Waals surface area contributed by atoms with E-state index in [4.69, 9.17) is 5.11 Å². The van der Waals surface area contributed by atoms with Crippen LogP contribution in [0.5, 0.6) is 5.75 Å². The normalized spacial score (nSPS) is 7.09. The smallest absolute Gasteiger partial charge is 0.872 e. The van der Waals surface area contributed by atoms with E-state index in [1.165, 1.54) is 24.5 Å². The molecule has 4 heteroatoms. The number of aliphatic hydroxyl groups excluding tert-OH is 1. The van der Waals surface area contributed by atoms with Crippen molar-refractivity contribution in [1.82, 2.24) is 4.98 Å². The molecule has 0 bridgehead atoms. The van der Waals surface area contributed by atoms with Crippen molar-refractivity contribution in [2.75, 3.05) is 6.61 Å². The van der Waals surface area contributed by atoms with Gasteiger partial charge in [0.25, 0.3) is 0 Å². The van der Waals surface area contributed by atoms with Gasteiger partial charge < -0.3 is 10.2 Å². The third kappa shape index (κ3) is 10.5. The molecule has 0 radical (unpaired) electrons. The molecule has 0 aliphatic carbocycles. The number of nitrogens with zero attached hydrogens (tertiary/aromatic N) is 1. The number of hydrogen-bond donors (Lipinski definition) is 1. The minimum absolute atomic E-state index is 0. The average molecular weight is 179 g/mol. The van der Waals surface area contributed by atoms with Gasteiger partial charge in [0, 0.05) is 19.0 Å². The molecule has 0 amide bonds. The monoisotopic (exact) mass is 179 g/mol.